The van der Waals surface area contributed by atoms with Crippen LogP contribution in [0, 0.1) is 0 Å². The third-order valence-corrected chi connectivity index (χ3v) is 4.27. The van der Waals surface area contributed by atoms with Crippen LogP contribution >= 0.6 is 11.3 Å². The van der Waals surface area contributed by atoms with Crippen molar-refractivity contribution in [3.63, 3.8) is 0 Å². The van der Waals surface area contributed by atoms with E-state index in [4.69, 9.17) is 10.5 Å². The van der Waals surface area contributed by atoms with Crippen LogP contribution in [0.1, 0.15) is 31.4 Å². The molecule has 1 fully saturated rings. The van der Waals surface area contributed by atoms with Crippen molar-refractivity contribution in [1.29, 1.82) is 0 Å². The lowest BCUT2D eigenvalue weighted by Crippen LogP contribution is -2.24. The highest BCUT2D eigenvalue weighted by molar-refractivity contribution is 7.15. The fraction of sp³-hybridized carbons (Fsp3) is 0.615. The van der Waals surface area contributed by atoms with Crippen LogP contribution in [-0.2, 0) is 11.2 Å². The number of fused-ring (bicyclic) bond motifs is 1. The van der Waals surface area contributed by atoms with E-state index in [9.17, 15) is 0 Å². The Bertz CT molecular complexity index is 473. The molecule has 1 aliphatic heterocycles. The van der Waals surface area contributed by atoms with Gasteiger partial charge in [-0.2, -0.15) is 0 Å². The topological polar surface area (TPSA) is 52.5 Å². The van der Waals surface area contributed by atoms with Gasteiger partial charge >= 0.3 is 0 Å². The summed E-state index contributed by atoms with van der Waals surface area (Å²) in [6.07, 6.45) is 9.94. The molecule has 1 saturated heterocycles. The summed E-state index contributed by atoms with van der Waals surface area (Å²) in [6, 6.07) is 0.193. The Morgan fingerprint density at radius 1 is 1.61 bits per heavy atom. The quantitative estimate of drug-likeness (QED) is 0.902. The molecular weight excluding hydrogens is 246 g/mol. The molecule has 4 nitrogen and oxygen atoms in total. The fourth-order valence-corrected chi connectivity index (χ4v) is 3.24. The van der Waals surface area contributed by atoms with E-state index in [0.29, 0.717) is 6.10 Å². The van der Waals surface area contributed by atoms with Crippen LogP contribution in [0.3, 0.4) is 0 Å². The first-order chi connectivity index (χ1) is 8.81. The maximum absolute atomic E-state index is 6.17. The van der Waals surface area contributed by atoms with Crippen molar-refractivity contribution in [3.05, 3.63) is 23.5 Å². The summed E-state index contributed by atoms with van der Waals surface area (Å²) >= 11 is 1.66. The lowest BCUT2D eigenvalue weighted by Gasteiger charge is -2.13. The minimum absolute atomic E-state index is 0.193. The molecule has 0 aliphatic carbocycles. The molecule has 2 aromatic rings. The Kier molecular flexibility index (Phi) is 3.63. The second-order valence-electron chi connectivity index (χ2n) is 5.00. The van der Waals surface area contributed by atoms with Crippen molar-refractivity contribution in [2.24, 2.45) is 5.73 Å². The monoisotopic (exact) mass is 265 g/mol. The van der Waals surface area contributed by atoms with Crippen molar-refractivity contribution in [1.82, 2.24) is 9.38 Å². The molecule has 0 radical (unpaired) electrons. The number of ether oxygens (including phenoxy) is 1. The predicted octanol–water partition coefficient (Wildman–Crippen LogP) is 2.22. The second kappa shape index (κ2) is 5.38. The van der Waals surface area contributed by atoms with E-state index >= 15 is 0 Å². The number of hydrogen-bond acceptors (Lipinski definition) is 4. The van der Waals surface area contributed by atoms with Gasteiger partial charge in [-0.15, -0.1) is 11.3 Å². The Morgan fingerprint density at radius 3 is 3.33 bits per heavy atom. The molecule has 2 N–H and O–H groups in total. The molecule has 0 spiro atoms. The van der Waals surface area contributed by atoms with Gasteiger partial charge in [-0.25, -0.2) is 4.98 Å². The van der Waals surface area contributed by atoms with E-state index in [-0.39, 0.29) is 6.04 Å². The van der Waals surface area contributed by atoms with E-state index in [1.54, 1.807) is 11.3 Å². The lowest BCUT2D eigenvalue weighted by molar-refractivity contribution is 0.101. The van der Waals surface area contributed by atoms with E-state index in [0.717, 1.165) is 36.5 Å². The number of aromatic nitrogens is 2. The van der Waals surface area contributed by atoms with Crippen LogP contribution in [0.5, 0.6) is 0 Å². The summed E-state index contributed by atoms with van der Waals surface area (Å²) in [7, 11) is 0. The molecule has 0 saturated carbocycles. The smallest absolute Gasteiger partial charge is 0.193 e. The third-order valence-electron chi connectivity index (χ3n) is 3.50. The number of nitrogens with two attached hydrogens (primary N) is 1. The maximum atomic E-state index is 6.17. The van der Waals surface area contributed by atoms with Crippen molar-refractivity contribution >= 4 is 16.3 Å². The zero-order valence-electron chi connectivity index (χ0n) is 10.4. The second-order valence-corrected chi connectivity index (χ2v) is 5.87. The highest BCUT2D eigenvalue weighted by atomic mass is 32.1. The van der Waals surface area contributed by atoms with Crippen molar-refractivity contribution in [2.75, 3.05) is 6.61 Å². The van der Waals surface area contributed by atoms with Gasteiger partial charge in [0.2, 0.25) is 0 Å². The first kappa shape index (κ1) is 12.1. The normalized spacial score (nSPS) is 21.7. The molecule has 0 aromatic carbocycles. The van der Waals surface area contributed by atoms with Gasteiger partial charge in [0.15, 0.2) is 4.96 Å². The summed E-state index contributed by atoms with van der Waals surface area (Å²) in [4.78, 5) is 5.61. The molecule has 5 heteroatoms. The number of nitrogens with zero attached hydrogens (tertiary/aromatic N) is 2. The van der Waals surface area contributed by atoms with Crippen LogP contribution < -0.4 is 5.73 Å². The summed E-state index contributed by atoms with van der Waals surface area (Å²) in [5, 5.41) is 2.05. The standard InChI is InChI=1S/C13H19N3OS/c14-10(3-4-12-2-1-6-17-12)8-11-9-16-5-7-18-13(16)15-11/h5,7,9-10,12H,1-4,6,8,14H2. The average Bonchev–Trinajstić information content (AvgIpc) is 3.01. The maximum Gasteiger partial charge on any atom is 0.193 e. The molecular formula is C13H19N3OS. The van der Waals surface area contributed by atoms with Gasteiger partial charge in [0.05, 0.1) is 11.8 Å². The summed E-state index contributed by atoms with van der Waals surface area (Å²) < 4.78 is 7.68. The minimum Gasteiger partial charge on any atom is -0.378 e. The number of thiazole rings is 1. The predicted molar refractivity (Wildman–Crippen MR) is 73.0 cm³/mol. The molecule has 2 aromatic heterocycles. The summed E-state index contributed by atoms with van der Waals surface area (Å²) in [5.74, 6) is 0. The molecule has 1 aliphatic rings. The molecule has 98 valence electrons. The largest absolute Gasteiger partial charge is 0.378 e. The van der Waals surface area contributed by atoms with Crippen LogP contribution in [-0.4, -0.2) is 28.1 Å². The first-order valence-corrected chi connectivity index (χ1v) is 7.47. The zero-order chi connectivity index (χ0) is 12.4. The number of rotatable bonds is 5. The summed E-state index contributed by atoms with van der Waals surface area (Å²) in [6.45, 7) is 0.928. The van der Waals surface area contributed by atoms with Gasteiger partial charge in [0.25, 0.3) is 0 Å². The lowest BCUT2D eigenvalue weighted by atomic mass is 10.0. The van der Waals surface area contributed by atoms with E-state index in [1.165, 1.54) is 12.8 Å². The fourth-order valence-electron chi connectivity index (χ4n) is 2.52. The molecule has 3 heterocycles. The van der Waals surface area contributed by atoms with Gasteiger partial charge in [0.1, 0.15) is 0 Å². The van der Waals surface area contributed by atoms with Crippen molar-refractivity contribution in [3.8, 4) is 0 Å². The molecule has 0 bridgehead atoms. The molecule has 2 unspecified atom stereocenters. The van der Waals surface area contributed by atoms with Gasteiger partial charge in [-0.05, 0) is 25.7 Å². The van der Waals surface area contributed by atoms with Gasteiger partial charge in [-0.3, -0.25) is 4.40 Å². The van der Waals surface area contributed by atoms with E-state index < -0.39 is 0 Å². The SMILES string of the molecule is NC(CCC1CCCO1)Cc1cn2ccsc2n1. The molecule has 3 rings (SSSR count). The Morgan fingerprint density at radius 2 is 2.56 bits per heavy atom. The van der Waals surface area contributed by atoms with Crippen LogP contribution in [0.25, 0.3) is 4.96 Å². The molecule has 2 atom stereocenters. The van der Waals surface area contributed by atoms with Crippen LogP contribution in [0.15, 0.2) is 17.8 Å². The number of hydrogen-bond donors (Lipinski definition) is 1. The van der Waals surface area contributed by atoms with Crippen LogP contribution in [0.4, 0.5) is 0 Å². The minimum atomic E-state index is 0.193. The van der Waals surface area contributed by atoms with Gasteiger partial charge in [0, 0.05) is 36.8 Å². The van der Waals surface area contributed by atoms with Gasteiger partial charge < -0.3 is 10.5 Å². The van der Waals surface area contributed by atoms with Crippen molar-refractivity contribution < 1.29 is 4.74 Å². The summed E-state index contributed by atoms with van der Waals surface area (Å²) in [5.41, 5.74) is 7.27. The van der Waals surface area contributed by atoms with Crippen molar-refractivity contribution in [2.45, 2.75) is 44.2 Å². The zero-order valence-corrected chi connectivity index (χ0v) is 11.2. The third kappa shape index (κ3) is 2.74. The molecule has 18 heavy (non-hydrogen) atoms. The first-order valence-electron chi connectivity index (χ1n) is 6.59. The Hall–Kier alpha value is -0.910. The molecule has 0 amide bonds. The van der Waals surface area contributed by atoms with E-state index in [2.05, 4.69) is 15.6 Å². The Labute approximate surface area is 111 Å². The Balaban J connectivity index is 1.50. The van der Waals surface area contributed by atoms with Gasteiger partial charge in [-0.1, -0.05) is 0 Å². The average molecular weight is 265 g/mol. The van der Waals surface area contributed by atoms with Crippen LogP contribution in [0.2, 0.25) is 0 Å². The highest BCUT2D eigenvalue weighted by Crippen LogP contribution is 2.18. The number of imidazole rings is 1. The highest BCUT2D eigenvalue weighted by Gasteiger charge is 2.17. The van der Waals surface area contributed by atoms with E-state index in [1.807, 2.05) is 11.6 Å².